The second-order valence-electron chi connectivity index (χ2n) is 4.79. The van der Waals surface area contributed by atoms with Gasteiger partial charge in [-0.3, -0.25) is 4.99 Å². The molecule has 2 rings (SSSR count). The second-order valence-corrected chi connectivity index (χ2v) is 5.95. The van der Waals surface area contributed by atoms with E-state index < -0.39 is 0 Å². The normalized spacial score (nSPS) is 15.8. The molecular formula is C15H24IN3S. The lowest BCUT2D eigenvalue weighted by Gasteiger charge is -2.16. The van der Waals surface area contributed by atoms with Crippen molar-refractivity contribution < 1.29 is 0 Å². The fourth-order valence-corrected chi connectivity index (χ4v) is 3.10. The van der Waals surface area contributed by atoms with E-state index in [4.69, 9.17) is 0 Å². The monoisotopic (exact) mass is 405 g/mol. The first-order valence-electron chi connectivity index (χ1n) is 7.03. The number of hydrogen-bond acceptors (Lipinski definition) is 2. The molecule has 0 saturated heterocycles. The van der Waals surface area contributed by atoms with E-state index in [1.54, 1.807) is 0 Å². The molecule has 20 heavy (non-hydrogen) atoms. The number of benzene rings is 1. The van der Waals surface area contributed by atoms with Gasteiger partial charge in [0, 0.05) is 30.3 Å². The minimum absolute atomic E-state index is 0. The summed E-state index contributed by atoms with van der Waals surface area (Å²) in [6.45, 7) is 0.936. The fraction of sp³-hybridized carbons (Fsp3) is 0.533. The Morgan fingerprint density at radius 2 is 1.95 bits per heavy atom. The lowest BCUT2D eigenvalue weighted by molar-refractivity contribution is 0.616. The first-order chi connectivity index (χ1) is 9.38. The molecule has 112 valence electrons. The maximum Gasteiger partial charge on any atom is 0.191 e. The molecule has 1 fully saturated rings. The summed E-state index contributed by atoms with van der Waals surface area (Å²) in [4.78, 5) is 5.60. The maximum absolute atomic E-state index is 4.28. The summed E-state index contributed by atoms with van der Waals surface area (Å²) >= 11 is 1.87. The summed E-state index contributed by atoms with van der Waals surface area (Å²) in [6, 6.07) is 11.1. The van der Waals surface area contributed by atoms with Crippen LogP contribution in [0.5, 0.6) is 0 Å². The topological polar surface area (TPSA) is 36.4 Å². The van der Waals surface area contributed by atoms with Gasteiger partial charge in [-0.1, -0.05) is 31.0 Å². The highest BCUT2D eigenvalue weighted by molar-refractivity contribution is 14.0. The van der Waals surface area contributed by atoms with Crippen LogP contribution in [0.3, 0.4) is 0 Å². The van der Waals surface area contributed by atoms with Crippen LogP contribution in [0.15, 0.2) is 40.2 Å². The molecule has 0 bridgehead atoms. The van der Waals surface area contributed by atoms with Gasteiger partial charge in [-0.05, 0) is 25.0 Å². The third-order valence-electron chi connectivity index (χ3n) is 3.33. The molecule has 0 radical (unpaired) electrons. The maximum atomic E-state index is 4.28. The second kappa shape index (κ2) is 10.3. The van der Waals surface area contributed by atoms with E-state index in [1.807, 2.05) is 18.8 Å². The summed E-state index contributed by atoms with van der Waals surface area (Å²) < 4.78 is 0. The standard InChI is InChI=1S/C15H23N3S.HI/c1-16-15(18-13-7-5-6-8-13)17-11-12-19-14-9-3-2-4-10-14;/h2-4,9-10,13H,5-8,11-12H2,1H3,(H2,16,17,18);1H. The third kappa shape index (κ3) is 6.35. The summed E-state index contributed by atoms with van der Waals surface area (Å²) in [6.07, 6.45) is 5.25. The van der Waals surface area contributed by atoms with Gasteiger partial charge in [0.15, 0.2) is 5.96 Å². The Morgan fingerprint density at radius 1 is 1.25 bits per heavy atom. The van der Waals surface area contributed by atoms with Gasteiger partial charge < -0.3 is 10.6 Å². The molecule has 0 aliphatic heterocycles. The van der Waals surface area contributed by atoms with Crippen LogP contribution in [-0.2, 0) is 0 Å². The van der Waals surface area contributed by atoms with Gasteiger partial charge in [0.25, 0.3) is 0 Å². The minimum atomic E-state index is 0. The Bertz CT molecular complexity index is 391. The predicted octanol–water partition coefficient (Wildman–Crippen LogP) is 3.50. The van der Waals surface area contributed by atoms with Crippen molar-refractivity contribution in [1.29, 1.82) is 0 Å². The zero-order valence-electron chi connectivity index (χ0n) is 12.0. The SMILES string of the molecule is CN=C(NCCSc1ccccc1)NC1CCCC1.I. The molecule has 0 spiro atoms. The Hall–Kier alpha value is -0.430. The van der Waals surface area contributed by atoms with Crippen molar-refractivity contribution in [3.8, 4) is 0 Å². The van der Waals surface area contributed by atoms with Gasteiger partial charge in [-0.2, -0.15) is 0 Å². The summed E-state index contributed by atoms with van der Waals surface area (Å²) in [5.41, 5.74) is 0. The summed E-state index contributed by atoms with van der Waals surface area (Å²) in [5, 5.41) is 6.88. The van der Waals surface area contributed by atoms with Crippen molar-refractivity contribution in [2.24, 2.45) is 4.99 Å². The van der Waals surface area contributed by atoms with Crippen molar-refractivity contribution >= 4 is 41.7 Å². The number of guanidine groups is 1. The van der Waals surface area contributed by atoms with E-state index in [0.29, 0.717) is 6.04 Å². The summed E-state index contributed by atoms with van der Waals surface area (Å²) in [7, 11) is 1.84. The van der Waals surface area contributed by atoms with E-state index in [2.05, 4.69) is 46.0 Å². The predicted molar refractivity (Wildman–Crippen MR) is 99.3 cm³/mol. The van der Waals surface area contributed by atoms with Crippen LogP contribution < -0.4 is 10.6 Å². The number of aliphatic imine (C=N–C) groups is 1. The number of thioether (sulfide) groups is 1. The van der Waals surface area contributed by atoms with E-state index in [0.717, 1.165) is 18.3 Å². The van der Waals surface area contributed by atoms with Gasteiger partial charge in [0.1, 0.15) is 0 Å². The van der Waals surface area contributed by atoms with E-state index >= 15 is 0 Å². The van der Waals surface area contributed by atoms with Gasteiger partial charge >= 0.3 is 0 Å². The molecule has 1 aromatic rings. The number of nitrogens with one attached hydrogen (secondary N) is 2. The van der Waals surface area contributed by atoms with Crippen LogP contribution in [0.1, 0.15) is 25.7 Å². The number of nitrogens with zero attached hydrogens (tertiary/aromatic N) is 1. The van der Waals surface area contributed by atoms with Crippen molar-refractivity contribution in [2.75, 3.05) is 19.3 Å². The molecular weight excluding hydrogens is 381 g/mol. The Labute approximate surface area is 143 Å². The van der Waals surface area contributed by atoms with Gasteiger partial charge in [-0.15, -0.1) is 35.7 Å². The average Bonchev–Trinajstić information content (AvgIpc) is 2.96. The molecule has 0 amide bonds. The van der Waals surface area contributed by atoms with Crippen molar-refractivity contribution in [3.63, 3.8) is 0 Å². The van der Waals surface area contributed by atoms with Gasteiger partial charge in [0.05, 0.1) is 0 Å². The first-order valence-corrected chi connectivity index (χ1v) is 8.02. The van der Waals surface area contributed by atoms with Crippen LogP contribution in [0.2, 0.25) is 0 Å². The van der Waals surface area contributed by atoms with Crippen LogP contribution in [0.25, 0.3) is 0 Å². The van der Waals surface area contributed by atoms with Crippen LogP contribution in [0, 0.1) is 0 Å². The first kappa shape index (κ1) is 17.6. The highest BCUT2D eigenvalue weighted by atomic mass is 127. The molecule has 1 aliphatic carbocycles. The van der Waals surface area contributed by atoms with Crippen molar-refractivity contribution in [2.45, 2.75) is 36.6 Å². The van der Waals surface area contributed by atoms with Crippen molar-refractivity contribution in [3.05, 3.63) is 30.3 Å². The highest BCUT2D eigenvalue weighted by Gasteiger charge is 2.15. The molecule has 2 N–H and O–H groups in total. The van der Waals surface area contributed by atoms with Gasteiger partial charge in [-0.25, -0.2) is 0 Å². The molecule has 0 unspecified atom stereocenters. The van der Waals surface area contributed by atoms with Gasteiger partial charge in [0.2, 0.25) is 0 Å². The largest absolute Gasteiger partial charge is 0.356 e. The van der Waals surface area contributed by atoms with Crippen molar-refractivity contribution in [1.82, 2.24) is 10.6 Å². The average molecular weight is 405 g/mol. The van der Waals surface area contributed by atoms with E-state index in [9.17, 15) is 0 Å². The third-order valence-corrected chi connectivity index (χ3v) is 4.34. The molecule has 1 aliphatic rings. The number of rotatable bonds is 5. The summed E-state index contributed by atoms with van der Waals surface area (Å²) in [5.74, 6) is 2.00. The highest BCUT2D eigenvalue weighted by Crippen LogP contribution is 2.17. The zero-order valence-corrected chi connectivity index (χ0v) is 15.1. The Morgan fingerprint density at radius 3 is 2.60 bits per heavy atom. The van der Waals surface area contributed by atoms with Crippen LogP contribution in [-0.4, -0.2) is 31.3 Å². The lowest BCUT2D eigenvalue weighted by atomic mass is 10.2. The quantitative estimate of drug-likeness (QED) is 0.259. The smallest absolute Gasteiger partial charge is 0.191 e. The molecule has 0 heterocycles. The number of halogens is 1. The minimum Gasteiger partial charge on any atom is -0.356 e. The van der Waals surface area contributed by atoms with E-state index in [-0.39, 0.29) is 24.0 Å². The Balaban J connectivity index is 0.00000200. The van der Waals surface area contributed by atoms with E-state index in [1.165, 1.54) is 30.6 Å². The Kier molecular flexibility index (Phi) is 9.09. The molecule has 0 aromatic heterocycles. The zero-order chi connectivity index (χ0) is 13.3. The molecule has 1 aromatic carbocycles. The molecule has 0 atom stereocenters. The molecule has 1 saturated carbocycles. The van der Waals surface area contributed by atoms with Crippen LogP contribution in [0.4, 0.5) is 0 Å². The number of hydrogen-bond donors (Lipinski definition) is 2. The molecule has 5 heteroatoms. The lowest BCUT2D eigenvalue weighted by Crippen LogP contribution is -2.43. The fourth-order valence-electron chi connectivity index (χ4n) is 2.31. The van der Waals surface area contributed by atoms with Crippen LogP contribution >= 0.6 is 35.7 Å². The molecule has 3 nitrogen and oxygen atoms in total.